The number of piperazine rings is 1. The highest BCUT2D eigenvalue weighted by atomic mass is 19.1. The number of phenolic OH excluding ortho intramolecular Hbond substituents is 1. The maximum Gasteiger partial charge on any atom is 0.319 e. The summed E-state index contributed by atoms with van der Waals surface area (Å²) in [5.41, 5.74) is -0.0613. The summed E-state index contributed by atoms with van der Waals surface area (Å²) < 4.78 is 53.3. The number of likely N-dealkylation sites (tertiary alicyclic amines) is 1. The predicted octanol–water partition coefficient (Wildman–Crippen LogP) is 5.95. The lowest BCUT2D eigenvalue weighted by Crippen LogP contribution is -2.58. The van der Waals surface area contributed by atoms with Gasteiger partial charge >= 0.3 is 6.01 Å². The molecule has 1 aromatic heterocycles. The Morgan fingerprint density at radius 3 is 2.72 bits per heavy atom. The van der Waals surface area contributed by atoms with Crippen LogP contribution >= 0.6 is 0 Å². The molecule has 3 saturated heterocycles. The number of anilines is 1. The van der Waals surface area contributed by atoms with Gasteiger partial charge in [0, 0.05) is 71.6 Å². The molecule has 4 fully saturated rings. The first-order valence-electron chi connectivity index (χ1n) is 16.1. The number of nitrogens with one attached hydrogen (secondary N) is 1. The molecular formula is C36H36F3N5O2. The summed E-state index contributed by atoms with van der Waals surface area (Å²) in [6, 6.07) is 9.59. The quantitative estimate of drug-likeness (QED) is 0.246. The van der Waals surface area contributed by atoms with Crippen LogP contribution in [0.4, 0.5) is 19.0 Å². The third-order valence-corrected chi connectivity index (χ3v) is 10.3. The van der Waals surface area contributed by atoms with Crippen molar-refractivity contribution in [3.05, 3.63) is 53.6 Å². The molecule has 7 nitrogen and oxygen atoms in total. The zero-order chi connectivity index (χ0) is 31.8. The number of benzene rings is 3. The molecule has 46 heavy (non-hydrogen) atoms. The van der Waals surface area contributed by atoms with Gasteiger partial charge in [-0.05, 0) is 68.7 Å². The van der Waals surface area contributed by atoms with Gasteiger partial charge in [0.15, 0.2) is 5.82 Å². The standard InChI is InChI=1S/C36H36F3N5O2/c1-3-21-5-4-6-22-13-25(45)14-26(29(21)22)30-28(38)15-27-32(31(30)39)40-34(41-33(27)44-17-24-7-9-35(2,18-44)42-24)46-20-36(10-11-36)19-43-12-8-23(37)16-43/h1,4-6,13-15,23-24,42,45H,7-12,16-20H2,2H3/t23-,24-,35-/m1/s1. The molecule has 1 saturated carbocycles. The van der Waals surface area contributed by atoms with Crippen molar-refractivity contribution in [1.29, 1.82) is 0 Å². The molecule has 0 radical (unpaired) electrons. The molecule has 238 valence electrons. The molecule has 0 amide bonds. The van der Waals surface area contributed by atoms with Crippen LogP contribution in [0.5, 0.6) is 11.8 Å². The number of rotatable bonds is 7. The fourth-order valence-corrected chi connectivity index (χ4v) is 7.89. The van der Waals surface area contributed by atoms with Gasteiger partial charge in [0.05, 0.1) is 12.2 Å². The summed E-state index contributed by atoms with van der Waals surface area (Å²) in [6.45, 7) is 5.64. The third-order valence-electron chi connectivity index (χ3n) is 10.3. The van der Waals surface area contributed by atoms with Crippen LogP contribution in [0.15, 0.2) is 36.4 Å². The lowest BCUT2D eigenvalue weighted by Gasteiger charge is -2.40. The van der Waals surface area contributed by atoms with E-state index >= 15 is 8.78 Å². The number of hydrogen-bond acceptors (Lipinski definition) is 7. The zero-order valence-corrected chi connectivity index (χ0v) is 25.8. The highest BCUT2D eigenvalue weighted by molar-refractivity contribution is 6.04. The van der Waals surface area contributed by atoms with Gasteiger partial charge in [-0.1, -0.05) is 18.1 Å². The van der Waals surface area contributed by atoms with Crippen LogP contribution in [0.1, 0.15) is 44.6 Å². The molecule has 2 N–H and O–H groups in total. The van der Waals surface area contributed by atoms with E-state index in [1.54, 1.807) is 18.2 Å². The number of halogens is 3. The molecule has 4 aliphatic rings. The second-order valence-corrected chi connectivity index (χ2v) is 14.0. The second kappa shape index (κ2) is 10.7. The van der Waals surface area contributed by atoms with E-state index in [2.05, 4.69) is 32.9 Å². The fraction of sp³-hybridized carbons (Fsp3) is 0.444. The maximum atomic E-state index is 16.9. The Hall–Kier alpha value is -4.07. The van der Waals surface area contributed by atoms with Gasteiger partial charge in [-0.2, -0.15) is 9.97 Å². The Balaban J connectivity index is 1.25. The SMILES string of the molecule is C#Cc1cccc2cc(O)cc(-c3c(F)cc4c(N5C[C@H]6CC[C@](C)(C5)N6)nc(OCC5(CN6CC[C@@H](F)C6)CC5)nc4c3F)c12. The molecule has 3 aromatic carbocycles. The number of aromatic hydroxyl groups is 1. The van der Waals surface area contributed by atoms with Crippen LogP contribution in [-0.2, 0) is 0 Å². The summed E-state index contributed by atoms with van der Waals surface area (Å²) in [7, 11) is 0. The molecule has 4 heterocycles. The van der Waals surface area contributed by atoms with Gasteiger partial charge in [-0.15, -0.1) is 6.42 Å². The molecule has 3 aliphatic heterocycles. The molecule has 0 unspecified atom stereocenters. The maximum absolute atomic E-state index is 16.9. The number of phenols is 1. The first-order valence-corrected chi connectivity index (χ1v) is 16.1. The van der Waals surface area contributed by atoms with Gasteiger partial charge in [-0.25, -0.2) is 13.2 Å². The highest BCUT2D eigenvalue weighted by Crippen LogP contribution is 2.47. The lowest BCUT2D eigenvalue weighted by molar-refractivity contribution is 0.165. The van der Waals surface area contributed by atoms with Crippen LogP contribution in [-0.4, -0.2) is 77.1 Å². The van der Waals surface area contributed by atoms with E-state index < -0.39 is 17.8 Å². The fourth-order valence-electron chi connectivity index (χ4n) is 7.89. The van der Waals surface area contributed by atoms with Crippen molar-refractivity contribution in [1.82, 2.24) is 20.2 Å². The van der Waals surface area contributed by atoms with Crippen molar-refractivity contribution in [3.8, 4) is 35.2 Å². The van der Waals surface area contributed by atoms with Crippen LogP contribution in [0.2, 0.25) is 0 Å². The van der Waals surface area contributed by atoms with Gasteiger partial charge < -0.3 is 20.1 Å². The van der Waals surface area contributed by atoms with E-state index in [0.717, 1.165) is 38.8 Å². The molecule has 10 heteroatoms. The van der Waals surface area contributed by atoms with Gasteiger partial charge in [0.25, 0.3) is 0 Å². The average molecular weight is 628 g/mol. The van der Waals surface area contributed by atoms with Crippen LogP contribution in [0.25, 0.3) is 32.8 Å². The summed E-state index contributed by atoms with van der Waals surface area (Å²) in [6.07, 6.45) is 9.45. The monoisotopic (exact) mass is 627 g/mol. The largest absolute Gasteiger partial charge is 0.508 e. The van der Waals surface area contributed by atoms with Crippen molar-refractivity contribution >= 4 is 27.5 Å². The topological polar surface area (TPSA) is 73.8 Å². The minimum atomic E-state index is -0.876. The van der Waals surface area contributed by atoms with Gasteiger partial charge in [0.2, 0.25) is 0 Å². The predicted molar refractivity (Wildman–Crippen MR) is 172 cm³/mol. The van der Waals surface area contributed by atoms with E-state index in [-0.39, 0.29) is 50.8 Å². The van der Waals surface area contributed by atoms with Gasteiger partial charge in [-0.3, -0.25) is 4.90 Å². The van der Waals surface area contributed by atoms with Crippen LogP contribution < -0.4 is 15.0 Å². The normalized spacial score (nSPS) is 25.3. The Bertz CT molecular complexity index is 1920. The Morgan fingerprint density at radius 2 is 1.98 bits per heavy atom. The lowest BCUT2D eigenvalue weighted by atomic mass is 9.93. The first kappa shape index (κ1) is 29.3. The van der Waals surface area contributed by atoms with Crippen LogP contribution in [0, 0.1) is 29.4 Å². The highest BCUT2D eigenvalue weighted by Gasteiger charge is 2.46. The molecule has 4 aromatic rings. The summed E-state index contributed by atoms with van der Waals surface area (Å²) in [4.78, 5) is 13.6. The molecule has 3 atom stereocenters. The number of fused-ring (bicyclic) bond motifs is 4. The second-order valence-electron chi connectivity index (χ2n) is 14.0. The number of alkyl halides is 1. The summed E-state index contributed by atoms with van der Waals surface area (Å²) >= 11 is 0. The molecule has 8 rings (SSSR count). The van der Waals surface area contributed by atoms with Crippen molar-refractivity contribution < 1.29 is 23.0 Å². The van der Waals surface area contributed by atoms with E-state index in [4.69, 9.17) is 16.1 Å². The third kappa shape index (κ3) is 5.10. The zero-order valence-electron chi connectivity index (χ0n) is 25.8. The number of nitrogens with zero attached hydrogens (tertiary/aromatic N) is 4. The van der Waals surface area contributed by atoms with E-state index in [1.807, 2.05) is 0 Å². The minimum Gasteiger partial charge on any atom is -0.508 e. The van der Waals surface area contributed by atoms with Gasteiger partial charge in [0.1, 0.15) is 29.1 Å². The summed E-state index contributed by atoms with van der Waals surface area (Å²) in [5, 5.41) is 15.5. The number of ether oxygens (including phenoxy) is 1. The van der Waals surface area contributed by atoms with Crippen molar-refractivity contribution in [3.63, 3.8) is 0 Å². The molecule has 1 aliphatic carbocycles. The minimum absolute atomic E-state index is 0.0242. The van der Waals surface area contributed by atoms with Crippen molar-refractivity contribution in [2.45, 2.75) is 56.8 Å². The Morgan fingerprint density at radius 1 is 1.13 bits per heavy atom. The van der Waals surface area contributed by atoms with E-state index in [9.17, 15) is 9.50 Å². The molecule has 0 spiro atoms. The van der Waals surface area contributed by atoms with E-state index in [0.29, 0.717) is 54.8 Å². The number of aromatic nitrogens is 2. The van der Waals surface area contributed by atoms with Crippen molar-refractivity contribution in [2.75, 3.05) is 44.2 Å². The Labute approximate surface area is 265 Å². The molecular weight excluding hydrogens is 591 g/mol. The van der Waals surface area contributed by atoms with Crippen molar-refractivity contribution in [2.24, 2.45) is 5.41 Å². The number of hydrogen-bond donors (Lipinski definition) is 2. The first-order chi connectivity index (χ1) is 22.1. The Kier molecular flexibility index (Phi) is 6.85. The average Bonchev–Trinajstić information content (AvgIpc) is 3.58. The summed E-state index contributed by atoms with van der Waals surface area (Å²) in [5.74, 6) is 1.22. The van der Waals surface area contributed by atoms with Crippen LogP contribution in [0.3, 0.4) is 0 Å². The van der Waals surface area contributed by atoms with E-state index in [1.165, 1.54) is 18.2 Å². The number of terminal acetylenes is 1. The smallest absolute Gasteiger partial charge is 0.319 e. The molecule has 2 bridgehead atoms.